The van der Waals surface area contributed by atoms with E-state index >= 15 is 0 Å². The topological polar surface area (TPSA) is 42.2 Å². The van der Waals surface area contributed by atoms with E-state index in [2.05, 4.69) is 0 Å². The van der Waals surface area contributed by atoms with Crippen molar-refractivity contribution in [3.8, 4) is 5.75 Å². The summed E-state index contributed by atoms with van der Waals surface area (Å²) < 4.78 is 25.7. The predicted octanol–water partition coefficient (Wildman–Crippen LogP) is 1.34. The van der Waals surface area contributed by atoms with Crippen LogP contribution in [0.5, 0.6) is 5.75 Å². The fraction of sp³-hybridized carbons (Fsp3) is 0.375. The van der Waals surface area contributed by atoms with E-state index in [4.69, 9.17) is 5.11 Å². The first-order valence-corrected chi connectivity index (χ1v) is 3.62. The number of aromatic hydroxyl groups is 1. The van der Waals surface area contributed by atoms with Crippen molar-refractivity contribution < 1.29 is 13.9 Å². The lowest BCUT2D eigenvalue weighted by atomic mass is 10.2. The van der Waals surface area contributed by atoms with E-state index < -0.39 is 17.6 Å². The van der Waals surface area contributed by atoms with Gasteiger partial charge in [-0.25, -0.2) is 8.78 Å². The maximum Gasteiger partial charge on any atom is 0.278 e. The van der Waals surface area contributed by atoms with Crippen LogP contribution < -0.4 is 5.43 Å². The number of rotatable bonds is 1. The fourth-order valence-corrected chi connectivity index (χ4v) is 1.04. The average Bonchev–Trinajstić information content (AvgIpc) is 2.07. The van der Waals surface area contributed by atoms with Gasteiger partial charge < -0.3 is 9.67 Å². The fourth-order valence-electron chi connectivity index (χ4n) is 1.04. The minimum absolute atomic E-state index is 0.141. The molecule has 0 aliphatic carbocycles. The molecule has 0 spiro atoms. The molecule has 0 atom stereocenters. The normalized spacial score (nSPS) is 10.8. The molecule has 13 heavy (non-hydrogen) atoms. The second-order valence-corrected chi connectivity index (χ2v) is 2.73. The molecule has 0 amide bonds. The summed E-state index contributed by atoms with van der Waals surface area (Å²) in [7, 11) is 1.37. The highest BCUT2D eigenvalue weighted by Crippen LogP contribution is 2.20. The number of halogens is 2. The van der Waals surface area contributed by atoms with Crippen molar-refractivity contribution in [2.45, 2.75) is 13.3 Å². The zero-order valence-corrected chi connectivity index (χ0v) is 7.21. The Labute approximate surface area is 73.2 Å². The first kappa shape index (κ1) is 9.70. The molecule has 0 saturated heterocycles. The molecule has 0 aromatic carbocycles. The molecule has 0 bridgehead atoms. The Kier molecular flexibility index (Phi) is 2.36. The van der Waals surface area contributed by atoms with Crippen molar-refractivity contribution in [2.24, 2.45) is 7.05 Å². The first-order chi connectivity index (χ1) is 5.95. The van der Waals surface area contributed by atoms with E-state index in [0.29, 0.717) is 0 Å². The molecule has 3 nitrogen and oxygen atoms in total. The van der Waals surface area contributed by atoms with E-state index in [1.165, 1.54) is 14.0 Å². The monoisotopic (exact) mass is 189 g/mol. The SMILES string of the molecule is Cc1c(O)c(=O)cc(C(F)F)n1C. The average molecular weight is 189 g/mol. The molecule has 1 N–H and O–H groups in total. The molecule has 0 aliphatic heterocycles. The number of pyridine rings is 1. The smallest absolute Gasteiger partial charge is 0.278 e. The maximum atomic E-state index is 12.3. The van der Waals surface area contributed by atoms with Crippen molar-refractivity contribution in [3.63, 3.8) is 0 Å². The van der Waals surface area contributed by atoms with Crippen molar-refractivity contribution in [2.75, 3.05) is 0 Å². The van der Waals surface area contributed by atoms with Gasteiger partial charge in [0.25, 0.3) is 6.43 Å². The third-order valence-corrected chi connectivity index (χ3v) is 1.97. The van der Waals surface area contributed by atoms with Gasteiger partial charge in [0.15, 0.2) is 5.75 Å². The van der Waals surface area contributed by atoms with Crippen LogP contribution in [0, 0.1) is 6.92 Å². The van der Waals surface area contributed by atoms with Gasteiger partial charge in [-0.15, -0.1) is 0 Å². The van der Waals surface area contributed by atoms with Crippen LogP contribution in [0.3, 0.4) is 0 Å². The lowest BCUT2D eigenvalue weighted by Crippen LogP contribution is -2.13. The van der Waals surface area contributed by atoms with E-state index in [-0.39, 0.29) is 11.4 Å². The molecule has 0 radical (unpaired) electrons. The summed E-state index contributed by atoms with van der Waals surface area (Å²) in [6, 6.07) is 0.743. The van der Waals surface area contributed by atoms with E-state index in [0.717, 1.165) is 10.6 Å². The quantitative estimate of drug-likeness (QED) is 0.724. The molecule has 0 saturated carbocycles. The van der Waals surface area contributed by atoms with Gasteiger partial charge in [0.2, 0.25) is 5.43 Å². The van der Waals surface area contributed by atoms with Gasteiger partial charge in [-0.05, 0) is 6.92 Å². The largest absolute Gasteiger partial charge is 0.503 e. The van der Waals surface area contributed by atoms with Crippen LogP contribution in [0.4, 0.5) is 8.78 Å². The summed E-state index contributed by atoms with van der Waals surface area (Å²) in [5.41, 5.74) is -1.02. The maximum absolute atomic E-state index is 12.3. The van der Waals surface area contributed by atoms with Crippen LogP contribution in [0.2, 0.25) is 0 Å². The molecular weight excluding hydrogens is 180 g/mol. The third-order valence-electron chi connectivity index (χ3n) is 1.97. The van der Waals surface area contributed by atoms with Crippen LogP contribution in [-0.2, 0) is 7.05 Å². The molecule has 0 unspecified atom stereocenters. The summed E-state index contributed by atoms with van der Waals surface area (Å²) in [6.07, 6.45) is -2.71. The Balaban J connectivity index is 3.50. The van der Waals surface area contributed by atoms with E-state index in [9.17, 15) is 13.6 Å². The van der Waals surface area contributed by atoms with Crippen molar-refractivity contribution in [1.82, 2.24) is 4.57 Å². The lowest BCUT2D eigenvalue weighted by Gasteiger charge is -2.11. The molecule has 1 heterocycles. The molecule has 0 fully saturated rings. The van der Waals surface area contributed by atoms with Gasteiger partial charge >= 0.3 is 0 Å². The Morgan fingerprint density at radius 3 is 2.54 bits per heavy atom. The summed E-state index contributed by atoms with van der Waals surface area (Å²) in [4.78, 5) is 10.9. The van der Waals surface area contributed by atoms with Crippen LogP contribution in [0.15, 0.2) is 10.9 Å². The predicted molar refractivity (Wildman–Crippen MR) is 43.0 cm³/mol. The van der Waals surface area contributed by atoms with Gasteiger partial charge in [-0.1, -0.05) is 0 Å². The minimum atomic E-state index is -2.71. The second kappa shape index (κ2) is 3.16. The molecule has 72 valence electrons. The van der Waals surface area contributed by atoms with E-state index in [1.54, 1.807) is 0 Å². The lowest BCUT2D eigenvalue weighted by molar-refractivity contribution is 0.140. The van der Waals surface area contributed by atoms with Gasteiger partial charge in [0.1, 0.15) is 0 Å². The number of aromatic nitrogens is 1. The highest BCUT2D eigenvalue weighted by atomic mass is 19.3. The van der Waals surface area contributed by atoms with Crippen LogP contribution >= 0.6 is 0 Å². The highest BCUT2D eigenvalue weighted by molar-refractivity contribution is 5.28. The Morgan fingerprint density at radius 2 is 2.08 bits per heavy atom. The standard InChI is InChI=1S/C8H9F2NO2/c1-4-7(13)6(12)3-5(8(9)10)11(4)2/h3,8,13H,1-2H3. The number of alkyl halides is 2. The zero-order valence-electron chi connectivity index (χ0n) is 7.21. The summed E-state index contributed by atoms with van der Waals surface area (Å²) >= 11 is 0. The van der Waals surface area contributed by atoms with Gasteiger partial charge in [0, 0.05) is 13.1 Å². The minimum Gasteiger partial charge on any atom is -0.503 e. The molecule has 1 aromatic rings. The number of hydrogen-bond acceptors (Lipinski definition) is 2. The number of nitrogens with zero attached hydrogens (tertiary/aromatic N) is 1. The summed E-state index contributed by atoms with van der Waals surface area (Å²) in [6.45, 7) is 1.41. The molecule has 0 aliphatic rings. The molecule has 1 rings (SSSR count). The van der Waals surface area contributed by atoms with Crippen LogP contribution in [0.1, 0.15) is 17.8 Å². The highest BCUT2D eigenvalue weighted by Gasteiger charge is 2.15. The number of hydrogen-bond donors (Lipinski definition) is 1. The van der Waals surface area contributed by atoms with E-state index in [1.807, 2.05) is 0 Å². The summed E-state index contributed by atoms with van der Waals surface area (Å²) in [5, 5.41) is 9.12. The molecule has 5 heteroatoms. The van der Waals surface area contributed by atoms with Crippen molar-refractivity contribution >= 4 is 0 Å². The summed E-state index contributed by atoms with van der Waals surface area (Å²) in [5.74, 6) is -0.480. The Bertz CT molecular complexity index is 384. The van der Waals surface area contributed by atoms with Gasteiger partial charge in [-0.3, -0.25) is 4.79 Å². The first-order valence-electron chi connectivity index (χ1n) is 3.62. The van der Waals surface area contributed by atoms with Gasteiger partial charge in [0.05, 0.1) is 11.4 Å². The van der Waals surface area contributed by atoms with Gasteiger partial charge in [-0.2, -0.15) is 0 Å². The van der Waals surface area contributed by atoms with Crippen LogP contribution in [0.25, 0.3) is 0 Å². The van der Waals surface area contributed by atoms with Crippen molar-refractivity contribution in [1.29, 1.82) is 0 Å². The van der Waals surface area contributed by atoms with Crippen molar-refractivity contribution in [3.05, 3.63) is 27.7 Å². The zero-order chi connectivity index (χ0) is 10.2. The second-order valence-electron chi connectivity index (χ2n) is 2.73. The Morgan fingerprint density at radius 1 is 1.54 bits per heavy atom. The van der Waals surface area contributed by atoms with Crippen LogP contribution in [-0.4, -0.2) is 9.67 Å². The third kappa shape index (κ3) is 1.54. The molecule has 1 aromatic heterocycles. The molecular formula is C8H9F2NO2. The Hall–Kier alpha value is -1.39.